The molecule has 7 heteroatoms. The summed E-state index contributed by atoms with van der Waals surface area (Å²) in [6.45, 7) is 1.74. The minimum atomic E-state index is -0.275. The van der Waals surface area contributed by atoms with Crippen molar-refractivity contribution in [2.75, 3.05) is 30.7 Å². The smallest absolute Gasteiger partial charge is 0.260 e. The topological polar surface area (TPSA) is 104 Å². The number of carbonyl (C=O) groups is 1. The van der Waals surface area contributed by atoms with Crippen LogP contribution in [0, 0.1) is 0 Å². The molecule has 2 heterocycles. The summed E-state index contributed by atoms with van der Waals surface area (Å²) in [5, 5.41) is 3.32. The predicted molar refractivity (Wildman–Crippen MR) is 81.1 cm³/mol. The Hall–Kier alpha value is -2.57. The molecule has 0 atom stereocenters. The number of rotatable bonds is 3. The van der Waals surface area contributed by atoms with Crippen LogP contribution in [0.4, 0.5) is 11.6 Å². The van der Waals surface area contributed by atoms with Gasteiger partial charge in [0, 0.05) is 18.8 Å². The van der Waals surface area contributed by atoms with Gasteiger partial charge in [-0.15, -0.1) is 0 Å². The van der Waals surface area contributed by atoms with Gasteiger partial charge in [0.1, 0.15) is 0 Å². The Labute approximate surface area is 121 Å². The van der Waals surface area contributed by atoms with Crippen molar-refractivity contribution in [3.63, 3.8) is 0 Å². The number of benzene rings is 1. The lowest BCUT2D eigenvalue weighted by Gasteiger charge is -2.15. The second-order valence-electron chi connectivity index (χ2n) is 5.13. The normalized spacial score (nSPS) is 14.6. The Morgan fingerprint density at radius 2 is 2.14 bits per heavy atom. The van der Waals surface area contributed by atoms with Crippen LogP contribution in [0.15, 0.2) is 23.0 Å². The van der Waals surface area contributed by atoms with Gasteiger partial charge in [-0.2, -0.15) is 0 Å². The van der Waals surface area contributed by atoms with Crippen molar-refractivity contribution in [3.05, 3.63) is 28.6 Å². The van der Waals surface area contributed by atoms with Crippen LogP contribution in [0.2, 0.25) is 0 Å². The first-order chi connectivity index (χ1) is 10.1. The quantitative estimate of drug-likeness (QED) is 0.715. The Kier molecular flexibility index (Phi) is 3.47. The van der Waals surface area contributed by atoms with Gasteiger partial charge in [0.2, 0.25) is 11.9 Å². The molecular weight excluding hydrogens is 270 g/mol. The van der Waals surface area contributed by atoms with Crippen LogP contribution in [0.1, 0.15) is 12.8 Å². The van der Waals surface area contributed by atoms with Gasteiger partial charge in [0.05, 0.1) is 17.4 Å². The van der Waals surface area contributed by atoms with E-state index >= 15 is 0 Å². The highest BCUT2D eigenvalue weighted by Crippen LogP contribution is 2.13. The van der Waals surface area contributed by atoms with E-state index in [9.17, 15) is 9.59 Å². The highest BCUT2D eigenvalue weighted by molar-refractivity contribution is 5.83. The maximum atomic E-state index is 12.0. The van der Waals surface area contributed by atoms with E-state index in [1.807, 2.05) is 4.90 Å². The van der Waals surface area contributed by atoms with E-state index in [2.05, 4.69) is 15.3 Å². The second-order valence-corrected chi connectivity index (χ2v) is 5.13. The number of nitrogen functional groups attached to an aromatic ring is 1. The summed E-state index contributed by atoms with van der Waals surface area (Å²) in [6.07, 6.45) is 2.11. The van der Waals surface area contributed by atoms with Crippen molar-refractivity contribution in [2.45, 2.75) is 12.8 Å². The summed E-state index contributed by atoms with van der Waals surface area (Å²) >= 11 is 0. The number of amides is 1. The molecule has 1 aliphatic heterocycles. The highest BCUT2D eigenvalue weighted by atomic mass is 16.2. The number of nitrogens with two attached hydrogens (primary N) is 1. The third kappa shape index (κ3) is 2.81. The summed E-state index contributed by atoms with van der Waals surface area (Å²) < 4.78 is 0. The molecule has 0 spiro atoms. The van der Waals surface area contributed by atoms with E-state index in [0.29, 0.717) is 22.5 Å². The number of H-pyrrole nitrogens is 1. The number of aromatic nitrogens is 2. The lowest BCUT2D eigenvalue weighted by Crippen LogP contribution is -2.33. The van der Waals surface area contributed by atoms with Crippen LogP contribution in [0.25, 0.3) is 10.9 Å². The van der Waals surface area contributed by atoms with E-state index in [-0.39, 0.29) is 18.0 Å². The van der Waals surface area contributed by atoms with Crippen LogP contribution in [0.3, 0.4) is 0 Å². The Balaban J connectivity index is 1.76. The van der Waals surface area contributed by atoms with Crippen molar-refractivity contribution in [1.82, 2.24) is 14.9 Å². The summed E-state index contributed by atoms with van der Waals surface area (Å²) in [5.41, 5.74) is 6.44. The molecule has 21 heavy (non-hydrogen) atoms. The molecule has 1 aromatic heterocycles. The lowest BCUT2D eigenvalue weighted by molar-refractivity contribution is -0.128. The minimum absolute atomic E-state index is 0.0209. The van der Waals surface area contributed by atoms with E-state index in [1.165, 1.54) is 0 Å². The molecule has 0 bridgehead atoms. The molecule has 0 radical (unpaired) electrons. The average molecular weight is 287 g/mol. The Morgan fingerprint density at radius 1 is 1.38 bits per heavy atom. The molecular formula is C14H17N5O2. The van der Waals surface area contributed by atoms with E-state index < -0.39 is 0 Å². The number of carbonyl (C=O) groups excluding carboxylic acids is 1. The van der Waals surface area contributed by atoms with Gasteiger partial charge >= 0.3 is 0 Å². The highest BCUT2D eigenvalue weighted by Gasteiger charge is 2.17. The van der Waals surface area contributed by atoms with Gasteiger partial charge in [-0.3, -0.25) is 14.6 Å². The average Bonchev–Trinajstić information content (AvgIpc) is 3.00. The van der Waals surface area contributed by atoms with Crippen LogP contribution in [-0.4, -0.2) is 40.4 Å². The summed E-state index contributed by atoms with van der Waals surface area (Å²) in [5.74, 6) is 0.317. The van der Waals surface area contributed by atoms with Crippen molar-refractivity contribution in [3.8, 4) is 0 Å². The molecule has 1 aliphatic rings. The largest absolute Gasteiger partial charge is 0.399 e. The number of aromatic amines is 1. The summed E-state index contributed by atoms with van der Waals surface area (Å²) in [6, 6.07) is 4.96. The van der Waals surface area contributed by atoms with Crippen molar-refractivity contribution in [1.29, 1.82) is 0 Å². The molecule has 1 aromatic carbocycles. The number of anilines is 2. The van der Waals surface area contributed by atoms with Gasteiger partial charge in [0.15, 0.2) is 0 Å². The monoisotopic (exact) mass is 287 g/mol. The number of hydrogen-bond acceptors (Lipinski definition) is 5. The zero-order chi connectivity index (χ0) is 14.8. The minimum Gasteiger partial charge on any atom is -0.399 e. The number of hydrogen-bond donors (Lipinski definition) is 3. The fraction of sp³-hybridized carbons (Fsp3) is 0.357. The van der Waals surface area contributed by atoms with Gasteiger partial charge in [-0.1, -0.05) is 0 Å². The Morgan fingerprint density at radius 3 is 2.90 bits per heavy atom. The van der Waals surface area contributed by atoms with Crippen molar-refractivity contribution >= 4 is 28.4 Å². The molecule has 1 fully saturated rings. The fourth-order valence-electron chi connectivity index (χ4n) is 2.48. The zero-order valence-corrected chi connectivity index (χ0v) is 11.6. The van der Waals surface area contributed by atoms with Crippen LogP contribution < -0.4 is 16.6 Å². The van der Waals surface area contributed by atoms with Gasteiger partial charge in [0.25, 0.3) is 5.56 Å². The summed E-state index contributed by atoms with van der Waals surface area (Å²) in [4.78, 5) is 32.6. The first-order valence-corrected chi connectivity index (χ1v) is 6.95. The van der Waals surface area contributed by atoms with Crippen LogP contribution >= 0.6 is 0 Å². The lowest BCUT2D eigenvalue weighted by atomic mass is 10.2. The maximum absolute atomic E-state index is 12.0. The molecule has 1 saturated heterocycles. The number of likely N-dealkylation sites (tertiary alicyclic amines) is 1. The molecule has 0 saturated carbocycles. The number of nitrogens with one attached hydrogen (secondary N) is 2. The number of fused-ring (bicyclic) bond motifs is 1. The maximum Gasteiger partial charge on any atom is 0.260 e. The second kappa shape index (κ2) is 5.43. The molecule has 4 N–H and O–H groups in total. The first kappa shape index (κ1) is 13.4. The molecule has 1 amide bonds. The van der Waals surface area contributed by atoms with Crippen molar-refractivity contribution < 1.29 is 4.79 Å². The van der Waals surface area contributed by atoms with Crippen LogP contribution in [-0.2, 0) is 4.79 Å². The SMILES string of the molecule is Nc1ccc2nc(NCC(=O)N3CCCC3)[nH]c(=O)c2c1. The molecule has 3 rings (SSSR count). The fourth-order valence-corrected chi connectivity index (χ4v) is 2.48. The molecule has 0 aliphatic carbocycles. The van der Waals surface area contributed by atoms with Crippen LogP contribution in [0.5, 0.6) is 0 Å². The standard InChI is InChI=1S/C14H17N5O2/c15-9-3-4-11-10(7-9)13(21)18-14(17-11)16-8-12(20)19-5-1-2-6-19/h3-4,7H,1-2,5-6,8,15H2,(H2,16,17,18,21). The molecule has 0 unspecified atom stereocenters. The zero-order valence-electron chi connectivity index (χ0n) is 11.6. The van der Waals surface area contributed by atoms with Gasteiger partial charge in [-0.05, 0) is 31.0 Å². The third-order valence-electron chi connectivity index (χ3n) is 3.60. The van der Waals surface area contributed by atoms with Gasteiger partial charge in [-0.25, -0.2) is 4.98 Å². The van der Waals surface area contributed by atoms with E-state index in [1.54, 1.807) is 18.2 Å². The molecule has 2 aromatic rings. The number of nitrogens with zero attached hydrogens (tertiary/aromatic N) is 2. The summed E-state index contributed by atoms with van der Waals surface area (Å²) in [7, 11) is 0. The third-order valence-corrected chi connectivity index (χ3v) is 3.60. The van der Waals surface area contributed by atoms with E-state index in [4.69, 9.17) is 5.73 Å². The molecule has 110 valence electrons. The predicted octanol–water partition coefficient (Wildman–Crippen LogP) is 0.540. The Bertz CT molecular complexity index is 734. The van der Waals surface area contributed by atoms with Gasteiger partial charge < -0.3 is 16.0 Å². The molecule has 7 nitrogen and oxygen atoms in total. The first-order valence-electron chi connectivity index (χ1n) is 6.95. The van der Waals surface area contributed by atoms with Crippen molar-refractivity contribution in [2.24, 2.45) is 0 Å². The van der Waals surface area contributed by atoms with E-state index in [0.717, 1.165) is 25.9 Å².